The normalized spacial score (nSPS) is 12.2. The number of aliphatic hydroxyl groups excluding tert-OH is 1. The van der Waals surface area contributed by atoms with Crippen LogP contribution in [0.25, 0.3) is 0 Å². The van der Waals surface area contributed by atoms with E-state index in [1.807, 2.05) is 18.2 Å². The summed E-state index contributed by atoms with van der Waals surface area (Å²) in [7, 11) is 1.63. The third kappa shape index (κ3) is 4.22. The number of rotatable bonds is 8. The Morgan fingerprint density at radius 3 is 2.56 bits per heavy atom. The lowest BCUT2D eigenvalue weighted by Crippen LogP contribution is -2.02. The Morgan fingerprint density at radius 1 is 1.17 bits per heavy atom. The van der Waals surface area contributed by atoms with Crippen LogP contribution in [0, 0.1) is 0 Å². The number of unbranched alkanes of at least 4 members (excludes halogenated alkanes) is 1. The molecule has 0 aliphatic rings. The number of aliphatic hydroxyl groups is 1. The minimum Gasteiger partial charge on any atom is -0.493 e. The summed E-state index contributed by atoms with van der Waals surface area (Å²) in [5, 5.41) is 9.98. The minimum absolute atomic E-state index is 0.422. The molecule has 0 spiro atoms. The van der Waals surface area contributed by atoms with Gasteiger partial charge in [0.05, 0.1) is 19.8 Å². The predicted molar refractivity (Wildman–Crippen MR) is 73.3 cm³/mol. The van der Waals surface area contributed by atoms with Gasteiger partial charge in [0, 0.05) is 0 Å². The van der Waals surface area contributed by atoms with Gasteiger partial charge in [0.2, 0.25) is 0 Å². The topological polar surface area (TPSA) is 38.7 Å². The average molecular weight is 252 g/mol. The van der Waals surface area contributed by atoms with Crippen LogP contribution in [0.4, 0.5) is 0 Å². The molecule has 0 saturated heterocycles. The van der Waals surface area contributed by atoms with Gasteiger partial charge in [-0.15, -0.1) is 0 Å². The summed E-state index contributed by atoms with van der Waals surface area (Å²) in [4.78, 5) is 0. The quantitative estimate of drug-likeness (QED) is 0.717. The standard InChI is InChI=1S/C15H24O3/c1-4-6-10-18-15-11-12(13(16)7-5-2)8-9-14(15)17-3/h8-9,11,13,16H,4-7,10H2,1-3H3. The van der Waals surface area contributed by atoms with Crippen molar-refractivity contribution in [3.8, 4) is 11.5 Å². The summed E-state index contributed by atoms with van der Waals surface area (Å²) in [5.74, 6) is 1.44. The Labute approximate surface area is 110 Å². The molecule has 0 amide bonds. The fourth-order valence-corrected chi connectivity index (χ4v) is 1.78. The molecule has 1 unspecified atom stereocenters. The number of benzene rings is 1. The van der Waals surface area contributed by atoms with Crippen molar-refractivity contribution in [3.63, 3.8) is 0 Å². The van der Waals surface area contributed by atoms with Gasteiger partial charge in [-0.05, 0) is 30.5 Å². The molecule has 3 nitrogen and oxygen atoms in total. The first-order valence-electron chi connectivity index (χ1n) is 6.71. The molecular weight excluding hydrogens is 228 g/mol. The van der Waals surface area contributed by atoms with Gasteiger partial charge in [0.25, 0.3) is 0 Å². The highest BCUT2D eigenvalue weighted by atomic mass is 16.5. The zero-order valence-corrected chi connectivity index (χ0v) is 11.6. The van der Waals surface area contributed by atoms with Crippen LogP contribution in [0.3, 0.4) is 0 Å². The monoisotopic (exact) mass is 252 g/mol. The lowest BCUT2D eigenvalue weighted by Gasteiger charge is -2.15. The van der Waals surface area contributed by atoms with Crippen molar-refractivity contribution in [1.82, 2.24) is 0 Å². The zero-order chi connectivity index (χ0) is 13.4. The van der Waals surface area contributed by atoms with E-state index in [1.54, 1.807) is 7.11 Å². The van der Waals surface area contributed by atoms with Crippen LogP contribution < -0.4 is 9.47 Å². The van der Waals surface area contributed by atoms with Gasteiger partial charge in [-0.3, -0.25) is 0 Å². The van der Waals surface area contributed by atoms with E-state index in [1.165, 1.54) is 0 Å². The van der Waals surface area contributed by atoms with Crippen molar-refractivity contribution < 1.29 is 14.6 Å². The van der Waals surface area contributed by atoms with E-state index in [0.717, 1.165) is 42.7 Å². The first-order valence-corrected chi connectivity index (χ1v) is 6.71. The highest BCUT2D eigenvalue weighted by Gasteiger charge is 2.11. The Morgan fingerprint density at radius 2 is 1.94 bits per heavy atom. The zero-order valence-electron chi connectivity index (χ0n) is 11.6. The molecule has 0 aliphatic heterocycles. The van der Waals surface area contributed by atoms with E-state index in [2.05, 4.69) is 13.8 Å². The maximum absolute atomic E-state index is 9.98. The summed E-state index contributed by atoms with van der Waals surface area (Å²) in [6.45, 7) is 4.87. The van der Waals surface area contributed by atoms with Gasteiger partial charge < -0.3 is 14.6 Å². The van der Waals surface area contributed by atoms with Gasteiger partial charge in [-0.25, -0.2) is 0 Å². The minimum atomic E-state index is -0.422. The van der Waals surface area contributed by atoms with E-state index >= 15 is 0 Å². The molecule has 0 radical (unpaired) electrons. The molecule has 1 rings (SSSR count). The molecular formula is C15H24O3. The van der Waals surface area contributed by atoms with Gasteiger partial charge >= 0.3 is 0 Å². The van der Waals surface area contributed by atoms with E-state index in [0.29, 0.717) is 6.61 Å². The molecule has 1 aromatic rings. The smallest absolute Gasteiger partial charge is 0.161 e. The summed E-state index contributed by atoms with van der Waals surface area (Å²) >= 11 is 0. The lowest BCUT2D eigenvalue weighted by atomic mass is 10.0. The molecule has 0 saturated carbocycles. The molecule has 0 bridgehead atoms. The van der Waals surface area contributed by atoms with Crippen LogP contribution in [-0.2, 0) is 0 Å². The van der Waals surface area contributed by atoms with Gasteiger partial charge in [-0.2, -0.15) is 0 Å². The van der Waals surface area contributed by atoms with Crippen molar-refractivity contribution in [2.45, 2.75) is 45.6 Å². The SMILES string of the molecule is CCCCOc1cc(C(O)CCC)ccc1OC. The first-order chi connectivity index (χ1) is 8.72. The van der Waals surface area contributed by atoms with Crippen molar-refractivity contribution in [2.24, 2.45) is 0 Å². The van der Waals surface area contributed by atoms with E-state index in [9.17, 15) is 5.11 Å². The molecule has 3 heteroatoms. The predicted octanol–water partition coefficient (Wildman–Crippen LogP) is 3.71. The van der Waals surface area contributed by atoms with Crippen LogP contribution >= 0.6 is 0 Å². The van der Waals surface area contributed by atoms with Crippen molar-refractivity contribution in [3.05, 3.63) is 23.8 Å². The number of methoxy groups -OCH3 is 1. The van der Waals surface area contributed by atoms with Crippen LogP contribution in [0.2, 0.25) is 0 Å². The molecule has 0 heterocycles. The molecule has 0 fully saturated rings. The number of ether oxygens (including phenoxy) is 2. The molecule has 0 aromatic heterocycles. The highest BCUT2D eigenvalue weighted by Crippen LogP contribution is 2.31. The van der Waals surface area contributed by atoms with Crippen LogP contribution in [0.5, 0.6) is 11.5 Å². The Bertz CT molecular complexity index is 350. The summed E-state index contributed by atoms with van der Waals surface area (Å²) in [6, 6.07) is 5.64. The second-order valence-corrected chi connectivity index (χ2v) is 4.42. The van der Waals surface area contributed by atoms with Crippen LogP contribution in [0.1, 0.15) is 51.2 Å². The van der Waals surface area contributed by atoms with Gasteiger partial charge in [-0.1, -0.05) is 32.8 Å². The molecule has 18 heavy (non-hydrogen) atoms. The average Bonchev–Trinajstić information content (AvgIpc) is 2.39. The van der Waals surface area contributed by atoms with Crippen molar-refractivity contribution >= 4 is 0 Å². The Kier molecular flexibility index (Phi) is 6.58. The second-order valence-electron chi connectivity index (χ2n) is 4.42. The largest absolute Gasteiger partial charge is 0.493 e. The fraction of sp³-hybridized carbons (Fsp3) is 0.600. The Balaban J connectivity index is 2.80. The van der Waals surface area contributed by atoms with Gasteiger partial charge in [0.1, 0.15) is 0 Å². The van der Waals surface area contributed by atoms with Crippen molar-refractivity contribution in [1.29, 1.82) is 0 Å². The third-order valence-corrected chi connectivity index (χ3v) is 2.89. The van der Waals surface area contributed by atoms with E-state index < -0.39 is 6.10 Å². The maximum atomic E-state index is 9.98. The fourth-order valence-electron chi connectivity index (χ4n) is 1.78. The van der Waals surface area contributed by atoms with Crippen LogP contribution in [0.15, 0.2) is 18.2 Å². The Hall–Kier alpha value is -1.22. The lowest BCUT2D eigenvalue weighted by molar-refractivity contribution is 0.165. The third-order valence-electron chi connectivity index (χ3n) is 2.89. The van der Waals surface area contributed by atoms with Crippen LogP contribution in [-0.4, -0.2) is 18.8 Å². The summed E-state index contributed by atoms with van der Waals surface area (Å²) in [5.41, 5.74) is 0.893. The molecule has 102 valence electrons. The molecule has 1 atom stereocenters. The van der Waals surface area contributed by atoms with Crippen molar-refractivity contribution in [2.75, 3.05) is 13.7 Å². The molecule has 1 N–H and O–H groups in total. The molecule has 0 aliphatic carbocycles. The summed E-state index contributed by atoms with van der Waals surface area (Å²) < 4.78 is 11.0. The van der Waals surface area contributed by atoms with E-state index in [4.69, 9.17) is 9.47 Å². The number of hydrogen-bond donors (Lipinski definition) is 1. The first kappa shape index (κ1) is 14.8. The second kappa shape index (κ2) is 7.98. The molecule has 1 aromatic carbocycles. The maximum Gasteiger partial charge on any atom is 0.161 e. The highest BCUT2D eigenvalue weighted by molar-refractivity contribution is 5.43. The van der Waals surface area contributed by atoms with Gasteiger partial charge in [0.15, 0.2) is 11.5 Å². The van der Waals surface area contributed by atoms with E-state index in [-0.39, 0.29) is 0 Å². The number of hydrogen-bond acceptors (Lipinski definition) is 3. The summed E-state index contributed by atoms with van der Waals surface area (Å²) in [6.07, 6.45) is 3.42.